The number of nitrogens with zero attached hydrogens (tertiary/aromatic N) is 2. The third-order valence-electron chi connectivity index (χ3n) is 6.60. The molecule has 0 aliphatic carbocycles. The molecule has 3 aromatic rings. The Morgan fingerprint density at radius 3 is 2.17 bits per heavy atom. The van der Waals surface area contributed by atoms with Crippen LogP contribution in [0.2, 0.25) is 0 Å². The smallest absolute Gasteiger partial charge is 0.416 e. The van der Waals surface area contributed by atoms with Crippen molar-refractivity contribution < 1.29 is 35.9 Å². The number of sulfonamides is 1. The lowest BCUT2D eigenvalue weighted by Gasteiger charge is -2.33. The highest BCUT2D eigenvalue weighted by atomic mass is 32.2. The minimum atomic E-state index is -4.74. The summed E-state index contributed by atoms with van der Waals surface area (Å²) in [6, 6.07) is 15.4. The van der Waals surface area contributed by atoms with Crippen molar-refractivity contribution in [1.82, 2.24) is 10.2 Å². The molecule has 0 fully saturated rings. The maximum absolute atomic E-state index is 14.0. The van der Waals surface area contributed by atoms with E-state index in [1.807, 2.05) is 0 Å². The van der Waals surface area contributed by atoms with Gasteiger partial charge in [0.2, 0.25) is 11.8 Å². The number of anilines is 1. The summed E-state index contributed by atoms with van der Waals surface area (Å²) in [5.74, 6) is -0.627. The number of hydrogen-bond acceptors (Lipinski definition) is 5. The van der Waals surface area contributed by atoms with Gasteiger partial charge in [0, 0.05) is 13.1 Å². The molecule has 0 bridgehead atoms. The molecule has 0 unspecified atom stereocenters. The molecule has 12 heteroatoms. The Labute approximate surface area is 244 Å². The molecule has 0 aliphatic heterocycles. The van der Waals surface area contributed by atoms with Crippen molar-refractivity contribution in [2.75, 3.05) is 24.5 Å². The lowest BCUT2D eigenvalue weighted by molar-refractivity contribution is -0.140. The normalized spacial score (nSPS) is 12.4. The Morgan fingerprint density at radius 2 is 1.62 bits per heavy atom. The maximum Gasteiger partial charge on any atom is 0.416 e. The van der Waals surface area contributed by atoms with E-state index in [0.717, 1.165) is 17.7 Å². The zero-order valence-corrected chi connectivity index (χ0v) is 24.6. The molecule has 3 aromatic carbocycles. The average molecular weight is 606 g/mol. The van der Waals surface area contributed by atoms with Crippen molar-refractivity contribution in [1.29, 1.82) is 0 Å². The highest BCUT2D eigenvalue weighted by molar-refractivity contribution is 7.92. The van der Waals surface area contributed by atoms with E-state index in [4.69, 9.17) is 4.74 Å². The van der Waals surface area contributed by atoms with Crippen LogP contribution in [0.5, 0.6) is 5.75 Å². The van der Waals surface area contributed by atoms with Gasteiger partial charge >= 0.3 is 6.18 Å². The first-order valence-electron chi connectivity index (χ1n) is 13.3. The molecule has 0 saturated heterocycles. The van der Waals surface area contributed by atoms with Gasteiger partial charge in [-0.1, -0.05) is 42.8 Å². The predicted molar refractivity (Wildman–Crippen MR) is 153 cm³/mol. The van der Waals surface area contributed by atoms with Gasteiger partial charge in [-0.15, -0.1) is 0 Å². The molecule has 1 atom stereocenters. The van der Waals surface area contributed by atoms with Crippen LogP contribution in [-0.2, 0) is 32.3 Å². The number of likely N-dealkylation sites (N-methyl/N-ethyl adjacent to an activating group) is 1. The number of alkyl halides is 3. The summed E-state index contributed by atoms with van der Waals surface area (Å²) in [5.41, 5.74) is 0.00236. The molecule has 0 spiro atoms. The summed E-state index contributed by atoms with van der Waals surface area (Å²) in [4.78, 5) is 28.0. The van der Waals surface area contributed by atoms with Gasteiger partial charge in [-0.2, -0.15) is 13.2 Å². The molecule has 226 valence electrons. The number of hydrogen-bond donors (Lipinski definition) is 1. The lowest BCUT2D eigenvalue weighted by Crippen LogP contribution is -2.52. The van der Waals surface area contributed by atoms with Crippen molar-refractivity contribution in [3.63, 3.8) is 0 Å². The van der Waals surface area contributed by atoms with Crippen molar-refractivity contribution in [3.05, 3.63) is 89.5 Å². The number of halogens is 3. The molecule has 0 aromatic heterocycles. The number of methoxy groups -OCH3 is 1. The van der Waals surface area contributed by atoms with Gasteiger partial charge in [0.05, 0.1) is 23.3 Å². The second kappa shape index (κ2) is 13.7. The number of benzene rings is 3. The van der Waals surface area contributed by atoms with Crippen LogP contribution in [0.3, 0.4) is 0 Å². The minimum absolute atomic E-state index is 0.0561. The van der Waals surface area contributed by atoms with Gasteiger partial charge < -0.3 is 15.0 Å². The van der Waals surface area contributed by atoms with Crippen LogP contribution in [0.1, 0.15) is 37.0 Å². The second-order valence-corrected chi connectivity index (χ2v) is 11.4. The summed E-state index contributed by atoms with van der Waals surface area (Å²) in [5, 5.41) is 2.70. The molecular weight excluding hydrogens is 571 g/mol. The molecule has 0 heterocycles. The molecule has 2 amide bonds. The SMILES string of the molecule is CCNC(=O)[C@H](CC)N(Cc1ccc(OC)cc1)C(=O)CN(c1cccc(C(F)(F)F)c1)S(=O)(=O)c1ccc(C)cc1. The Morgan fingerprint density at radius 1 is 0.976 bits per heavy atom. The van der Waals surface area contributed by atoms with Crippen LogP contribution in [-0.4, -0.2) is 51.4 Å². The van der Waals surface area contributed by atoms with Gasteiger partial charge in [-0.3, -0.25) is 13.9 Å². The first-order chi connectivity index (χ1) is 19.8. The van der Waals surface area contributed by atoms with Crippen LogP contribution >= 0.6 is 0 Å². The fourth-order valence-electron chi connectivity index (χ4n) is 4.34. The number of rotatable bonds is 12. The number of carbonyl (C=O) groups is 2. The number of aryl methyl sites for hydroxylation is 1. The van der Waals surface area contributed by atoms with E-state index in [1.165, 1.54) is 30.2 Å². The average Bonchev–Trinajstić information content (AvgIpc) is 2.96. The largest absolute Gasteiger partial charge is 0.497 e. The molecule has 0 saturated carbocycles. The minimum Gasteiger partial charge on any atom is -0.497 e. The van der Waals surface area contributed by atoms with Crippen LogP contribution in [0.15, 0.2) is 77.7 Å². The Bertz CT molecular complexity index is 1480. The van der Waals surface area contributed by atoms with E-state index in [2.05, 4.69) is 5.32 Å². The molecule has 0 radical (unpaired) electrons. The summed E-state index contributed by atoms with van der Waals surface area (Å²) in [7, 11) is -3.00. The fourth-order valence-corrected chi connectivity index (χ4v) is 5.75. The number of nitrogens with one attached hydrogen (secondary N) is 1. The highest BCUT2D eigenvalue weighted by Gasteiger charge is 2.35. The third-order valence-corrected chi connectivity index (χ3v) is 8.39. The van der Waals surface area contributed by atoms with E-state index < -0.39 is 46.2 Å². The second-order valence-electron chi connectivity index (χ2n) is 9.56. The van der Waals surface area contributed by atoms with Gasteiger partial charge in [0.1, 0.15) is 18.3 Å². The van der Waals surface area contributed by atoms with Crippen LogP contribution < -0.4 is 14.4 Å². The van der Waals surface area contributed by atoms with Crippen molar-refractivity contribution in [2.45, 2.75) is 50.9 Å². The number of carbonyl (C=O) groups excluding carboxylic acids is 2. The first kappa shape index (κ1) is 32.5. The summed E-state index contributed by atoms with van der Waals surface area (Å²) in [6.07, 6.45) is -4.53. The van der Waals surface area contributed by atoms with Crippen molar-refractivity contribution in [3.8, 4) is 5.75 Å². The van der Waals surface area contributed by atoms with Crippen LogP contribution in [0.25, 0.3) is 0 Å². The topological polar surface area (TPSA) is 96.0 Å². The fraction of sp³-hybridized carbons (Fsp3) is 0.333. The molecule has 3 rings (SSSR count). The van der Waals surface area contributed by atoms with E-state index in [0.29, 0.717) is 28.2 Å². The molecular formula is C30H34F3N3O5S. The van der Waals surface area contributed by atoms with Gasteiger partial charge in [-0.05, 0) is 68.3 Å². The predicted octanol–water partition coefficient (Wildman–Crippen LogP) is 5.16. The van der Waals surface area contributed by atoms with E-state index in [1.54, 1.807) is 57.2 Å². The van der Waals surface area contributed by atoms with Gasteiger partial charge in [0.15, 0.2) is 0 Å². The molecule has 42 heavy (non-hydrogen) atoms. The summed E-state index contributed by atoms with van der Waals surface area (Å²) < 4.78 is 74.3. The van der Waals surface area contributed by atoms with Gasteiger partial charge in [0.25, 0.3) is 10.0 Å². The monoisotopic (exact) mass is 605 g/mol. The van der Waals surface area contributed by atoms with E-state index in [9.17, 15) is 31.2 Å². The van der Waals surface area contributed by atoms with Crippen molar-refractivity contribution >= 4 is 27.5 Å². The van der Waals surface area contributed by atoms with Crippen molar-refractivity contribution in [2.24, 2.45) is 0 Å². The van der Waals surface area contributed by atoms with Crippen LogP contribution in [0, 0.1) is 6.92 Å². The highest BCUT2D eigenvalue weighted by Crippen LogP contribution is 2.33. The van der Waals surface area contributed by atoms with Crippen LogP contribution in [0.4, 0.5) is 18.9 Å². The number of amides is 2. The quantitative estimate of drug-likeness (QED) is 0.308. The Kier molecular flexibility index (Phi) is 10.6. The van der Waals surface area contributed by atoms with E-state index >= 15 is 0 Å². The summed E-state index contributed by atoms with van der Waals surface area (Å²) in [6.45, 7) is 4.60. The maximum atomic E-state index is 14.0. The van der Waals surface area contributed by atoms with Gasteiger partial charge in [-0.25, -0.2) is 8.42 Å². The first-order valence-corrected chi connectivity index (χ1v) is 14.7. The molecule has 1 N–H and O–H groups in total. The third kappa shape index (κ3) is 7.81. The Hall–Kier alpha value is -4.06. The zero-order chi connectivity index (χ0) is 31.1. The summed E-state index contributed by atoms with van der Waals surface area (Å²) >= 11 is 0. The standard InChI is InChI=1S/C30H34F3N3O5S/c1-5-27(29(38)34-6-2)35(19-22-12-14-25(41-4)15-13-22)28(37)20-36(24-9-7-8-23(18-24)30(31,32)33)42(39,40)26-16-10-21(3)11-17-26/h7-18,27H,5-6,19-20H2,1-4H3,(H,34,38)/t27-/m0/s1. The number of ether oxygens (including phenoxy) is 1. The molecule has 8 nitrogen and oxygen atoms in total. The van der Waals surface area contributed by atoms with E-state index in [-0.39, 0.29) is 23.5 Å². The lowest BCUT2D eigenvalue weighted by atomic mass is 10.1. The zero-order valence-electron chi connectivity index (χ0n) is 23.8. The molecule has 0 aliphatic rings. The Balaban J connectivity index is 2.11.